The predicted molar refractivity (Wildman–Crippen MR) is 76.7 cm³/mol. The number of rotatable bonds is 4. The van der Waals surface area contributed by atoms with E-state index in [0.717, 1.165) is 11.0 Å². The largest absolute Gasteiger partial charge is 0.416 e. The third kappa shape index (κ3) is 3.67. The first-order valence-electron chi connectivity index (χ1n) is 6.02. The summed E-state index contributed by atoms with van der Waals surface area (Å²) in [5, 5.41) is -0.209. The van der Waals surface area contributed by atoms with Gasteiger partial charge < -0.3 is 0 Å². The fourth-order valence-corrected chi connectivity index (χ4v) is 2.78. The van der Waals surface area contributed by atoms with Crippen LogP contribution < -0.4 is 0 Å². The van der Waals surface area contributed by atoms with E-state index in [2.05, 4.69) is 6.58 Å². The topological polar surface area (TPSA) is 0 Å². The number of benzene rings is 2. The quantitative estimate of drug-likeness (QED) is 0.513. The minimum absolute atomic E-state index is 0.209. The van der Waals surface area contributed by atoms with Gasteiger partial charge in [0.2, 0.25) is 0 Å². The van der Waals surface area contributed by atoms with Crippen molar-refractivity contribution >= 4 is 11.8 Å². The molecular formula is C16H13F3S. The summed E-state index contributed by atoms with van der Waals surface area (Å²) in [5.74, 6) is 0. The molecule has 0 spiro atoms. The minimum atomic E-state index is -4.32. The smallest absolute Gasteiger partial charge is 0.166 e. The average Bonchev–Trinajstić information content (AvgIpc) is 2.45. The first-order valence-corrected chi connectivity index (χ1v) is 6.90. The number of thioether (sulfide) groups is 1. The number of hydrogen-bond acceptors (Lipinski definition) is 1. The first kappa shape index (κ1) is 14.7. The lowest BCUT2D eigenvalue weighted by Gasteiger charge is -2.15. The van der Waals surface area contributed by atoms with Crippen molar-refractivity contribution in [3.8, 4) is 0 Å². The second-order valence-corrected chi connectivity index (χ2v) is 5.43. The van der Waals surface area contributed by atoms with Crippen molar-refractivity contribution in [2.45, 2.75) is 16.3 Å². The van der Waals surface area contributed by atoms with E-state index in [4.69, 9.17) is 0 Å². The summed E-state index contributed by atoms with van der Waals surface area (Å²) in [6.07, 6.45) is -2.66. The summed E-state index contributed by atoms with van der Waals surface area (Å²) in [4.78, 5) is 0.995. The van der Waals surface area contributed by atoms with Crippen LogP contribution in [0.25, 0.3) is 0 Å². The summed E-state index contributed by atoms with van der Waals surface area (Å²) < 4.78 is 38.2. The Kier molecular flexibility index (Phi) is 4.55. The average molecular weight is 294 g/mol. The zero-order valence-corrected chi connectivity index (χ0v) is 11.4. The van der Waals surface area contributed by atoms with Gasteiger partial charge in [-0.2, -0.15) is 13.2 Å². The van der Waals surface area contributed by atoms with Gasteiger partial charge in [0.25, 0.3) is 0 Å². The second-order valence-electron chi connectivity index (χ2n) is 4.21. The highest BCUT2D eigenvalue weighted by atomic mass is 32.2. The molecule has 4 heteroatoms. The lowest BCUT2D eigenvalue weighted by molar-refractivity contribution is -0.137. The zero-order valence-electron chi connectivity index (χ0n) is 10.6. The summed E-state index contributed by atoms with van der Waals surface area (Å²) >= 11 is 1.48. The monoisotopic (exact) mass is 294 g/mol. The van der Waals surface area contributed by atoms with Crippen LogP contribution in [0.5, 0.6) is 0 Å². The molecule has 0 saturated carbocycles. The van der Waals surface area contributed by atoms with Crippen LogP contribution in [0.4, 0.5) is 13.2 Å². The van der Waals surface area contributed by atoms with Gasteiger partial charge in [0.1, 0.15) is 0 Å². The highest BCUT2D eigenvalue weighted by molar-refractivity contribution is 7.99. The van der Waals surface area contributed by atoms with Crippen LogP contribution in [0.2, 0.25) is 0 Å². The first-order chi connectivity index (χ1) is 9.50. The van der Waals surface area contributed by atoms with Crippen LogP contribution in [0.3, 0.4) is 0 Å². The lowest BCUT2D eigenvalue weighted by Crippen LogP contribution is -2.05. The van der Waals surface area contributed by atoms with Gasteiger partial charge in [-0.25, -0.2) is 0 Å². The molecule has 0 amide bonds. The molecule has 0 fully saturated rings. The van der Waals surface area contributed by atoms with Gasteiger partial charge in [-0.1, -0.05) is 42.5 Å². The maximum atomic E-state index is 12.7. The van der Waals surface area contributed by atoms with E-state index < -0.39 is 11.7 Å². The van der Waals surface area contributed by atoms with Gasteiger partial charge in [-0.05, 0) is 23.8 Å². The van der Waals surface area contributed by atoms with Crippen LogP contribution in [0, 0.1) is 0 Å². The van der Waals surface area contributed by atoms with Gasteiger partial charge >= 0.3 is 6.18 Å². The zero-order chi connectivity index (χ0) is 14.6. The number of hydrogen-bond donors (Lipinski definition) is 0. The van der Waals surface area contributed by atoms with Crippen LogP contribution >= 0.6 is 11.8 Å². The normalized spacial score (nSPS) is 12.9. The van der Waals surface area contributed by atoms with E-state index >= 15 is 0 Å². The maximum absolute atomic E-state index is 12.7. The molecule has 0 aliphatic carbocycles. The Hall–Kier alpha value is -1.68. The molecule has 0 saturated heterocycles. The Balaban J connectivity index is 2.26. The molecule has 0 N–H and O–H groups in total. The molecule has 0 aromatic heterocycles. The molecule has 104 valence electrons. The molecule has 0 aliphatic heterocycles. The molecule has 1 atom stereocenters. The molecule has 0 heterocycles. The fraction of sp³-hybridized carbons (Fsp3) is 0.125. The third-order valence-corrected chi connectivity index (χ3v) is 4.03. The molecule has 2 aromatic rings. The molecule has 2 aromatic carbocycles. The highest BCUT2D eigenvalue weighted by Crippen LogP contribution is 2.38. The van der Waals surface area contributed by atoms with Crippen LogP contribution in [0.1, 0.15) is 16.4 Å². The number of alkyl halides is 3. The highest BCUT2D eigenvalue weighted by Gasteiger charge is 2.30. The van der Waals surface area contributed by atoms with E-state index in [9.17, 15) is 13.2 Å². The van der Waals surface area contributed by atoms with E-state index in [1.165, 1.54) is 23.9 Å². The second kappa shape index (κ2) is 6.18. The van der Waals surface area contributed by atoms with Crippen LogP contribution in [-0.4, -0.2) is 0 Å². The molecule has 0 unspecified atom stereocenters. The van der Waals surface area contributed by atoms with Crippen molar-refractivity contribution < 1.29 is 13.2 Å². The maximum Gasteiger partial charge on any atom is 0.416 e. The standard InChI is InChI=1S/C16H13F3S/c1-2-15(20-14-9-4-3-5-10-14)12-7-6-8-13(11-12)16(17,18)19/h2-11,15H,1H2/t15-/m0/s1. The molecule has 2 rings (SSSR count). The molecular weight excluding hydrogens is 281 g/mol. The Morgan fingerprint density at radius 2 is 1.70 bits per heavy atom. The van der Waals surface area contributed by atoms with Crippen molar-refractivity contribution in [2.24, 2.45) is 0 Å². The van der Waals surface area contributed by atoms with E-state index in [1.54, 1.807) is 12.1 Å². The molecule has 20 heavy (non-hydrogen) atoms. The number of halogens is 3. The summed E-state index contributed by atoms with van der Waals surface area (Å²) in [6, 6.07) is 14.9. The van der Waals surface area contributed by atoms with Crippen molar-refractivity contribution in [1.82, 2.24) is 0 Å². The Bertz CT molecular complexity index is 576. The Morgan fingerprint density at radius 3 is 2.30 bits per heavy atom. The van der Waals surface area contributed by atoms with Gasteiger partial charge in [0, 0.05) is 4.90 Å². The van der Waals surface area contributed by atoms with Crippen molar-refractivity contribution in [2.75, 3.05) is 0 Å². The van der Waals surface area contributed by atoms with E-state index in [0.29, 0.717) is 5.56 Å². The predicted octanol–water partition coefficient (Wildman–Crippen LogP) is 5.72. The SMILES string of the molecule is C=C[C@H](Sc1ccccc1)c1cccc(C(F)(F)F)c1. The molecule has 0 aliphatic rings. The van der Waals surface area contributed by atoms with Crippen molar-refractivity contribution in [3.05, 3.63) is 78.4 Å². The third-order valence-electron chi connectivity index (χ3n) is 2.76. The molecule has 0 bridgehead atoms. The van der Waals surface area contributed by atoms with Gasteiger partial charge in [0.15, 0.2) is 0 Å². The van der Waals surface area contributed by atoms with Crippen molar-refractivity contribution in [1.29, 1.82) is 0 Å². The Morgan fingerprint density at radius 1 is 1.00 bits per heavy atom. The van der Waals surface area contributed by atoms with E-state index in [1.807, 2.05) is 30.3 Å². The summed E-state index contributed by atoms with van der Waals surface area (Å²) in [7, 11) is 0. The Labute approximate surface area is 120 Å². The molecule has 0 nitrogen and oxygen atoms in total. The van der Waals surface area contributed by atoms with Gasteiger partial charge in [-0.15, -0.1) is 18.3 Å². The van der Waals surface area contributed by atoms with Crippen LogP contribution in [0.15, 0.2) is 72.1 Å². The summed E-state index contributed by atoms with van der Waals surface area (Å²) in [5.41, 5.74) is -0.0285. The van der Waals surface area contributed by atoms with Gasteiger partial charge in [-0.3, -0.25) is 0 Å². The van der Waals surface area contributed by atoms with Crippen LogP contribution in [-0.2, 0) is 6.18 Å². The fourth-order valence-electron chi connectivity index (χ4n) is 1.79. The van der Waals surface area contributed by atoms with E-state index in [-0.39, 0.29) is 5.25 Å². The lowest BCUT2D eigenvalue weighted by atomic mass is 10.1. The van der Waals surface area contributed by atoms with Crippen molar-refractivity contribution in [3.63, 3.8) is 0 Å². The minimum Gasteiger partial charge on any atom is -0.166 e. The van der Waals surface area contributed by atoms with Gasteiger partial charge in [0.05, 0.1) is 10.8 Å². The summed E-state index contributed by atoms with van der Waals surface area (Å²) in [6.45, 7) is 3.72. The molecule has 0 radical (unpaired) electrons.